The first-order chi connectivity index (χ1) is 33.7. The number of hydrogen-bond acceptors (Lipinski definition) is 14. The van der Waals surface area contributed by atoms with Gasteiger partial charge in [0.1, 0.15) is 61.6 Å². The Hall–Kier alpha value is -7.28. The molecule has 2 heterocycles. The van der Waals surface area contributed by atoms with Crippen LogP contribution in [0.5, 0.6) is 23.0 Å². The number of nitrogens with zero attached hydrogens (tertiary/aromatic N) is 4. The smallest absolute Gasteiger partial charge is 0.332 e. The van der Waals surface area contributed by atoms with Crippen LogP contribution in [-0.4, -0.2) is 67.6 Å². The first kappa shape index (κ1) is 52.1. The molecule has 2 aromatic heterocycles. The average molecular weight is 990 g/mol. The molecule has 0 radical (unpaired) electrons. The van der Waals surface area contributed by atoms with Crippen LogP contribution >= 0.6 is 23.2 Å². The van der Waals surface area contributed by atoms with Crippen LogP contribution in [-0.2, 0) is 49.1 Å². The molecule has 0 spiro atoms. The summed E-state index contributed by atoms with van der Waals surface area (Å²) in [6.45, 7) is 5.49. The number of hydrogen-bond donors (Lipinski definition) is 6. The molecule has 0 aliphatic heterocycles. The van der Waals surface area contributed by atoms with Crippen LogP contribution in [0.15, 0.2) is 97.6 Å². The molecule has 0 bridgehead atoms. The number of pyridine rings is 2. The number of aliphatic hydroxyl groups excluding tert-OH is 2. The van der Waals surface area contributed by atoms with Crippen molar-refractivity contribution < 1.29 is 49.0 Å². The molecule has 6 N–H and O–H groups in total. The normalized spacial score (nSPS) is 11.8. The Morgan fingerprint density at radius 1 is 0.586 bits per heavy atom. The highest BCUT2D eigenvalue weighted by molar-refractivity contribution is 6.32. The molecule has 16 nitrogen and oxygen atoms in total. The molecule has 0 aliphatic rings. The van der Waals surface area contributed by atoms with Crippen molar-refractivity contribution in [1.82, 2.24) is 20.6 Å². The highest BCUT2D eigenvalue weighted by Gasteiger charge is 2.19. The third-order valence-corrected chi connectivity index (χ3v) is 11.8. The van der Waals surface area contributed by atoms with Gasteiger partial charge in [0.2, 0.25) is 0 Å². The summed E-state index contributed by atoms with van der Waals surface area (Å²) >= 11 is 13.6. The zero-order chi connectivity index (χ0) is 50.2. The number of carboxylic acid groups (broad SMARTS) is 2. The summed E-state index contributed by atoms with van der Waals surface area (Å²) in [7, 11) is 0. The van der Waals surface area contributed by atoms with E-state index in [1.165, 1.54) is 12.4 Å². The third-order valence-electron chi connectivity index (χ3n) is 11.2. The Labute approximate surface area is 414 Å². The number of nitriles is 2. The topological polar surface area (TPSA) is 249 Å². The van der Waals surface area contributed by atoms with Crippen molar-refractivity contribution in [3.63, 3.8) is 0 Å². The fourth-order valence-corrected chi connectivity index (χ4v) is 7.72. The minimum atomic E-state index is -1.50. The van der Waals surface area contributed by atoms with Gasteiger partial charge in [-0.15, -0.1) is 0 Å². The van der Waals surface area contributed by atoms with Crippen molar-refractivity contribution in [1.29, 1.82) is 10.5 Å². The highest BCUT2D eigenvalue weighted by Crippen LogP contribution is 2.37. The fourth-order valence-electron chi connectivity index (χ4n) is 7.24. The molecule has 4 aromatic carbocycles. The predicted molar refractivity (Wildman–Crippen MR) is 259 cm³/mol. The van der Waals surface area contributed by atoms with Crippen LogP contribution in [0.25, 0.3) is 11.1 Å². The molecule has 0 fully saturated rings. The molecule has 18 heteroatoms. The number of halogens is 2. The molecule has 6 aromatic rings. The first-order valence-electron chi connectivity index (χ1n) is 22.0. The maximum absolute atomic E-state index is 11.1. The Morgan fingerprint density at radius 2 is 0.986 bits per heavy atom. The van der Waals surface area contributed by atoms with E-state index < -0.39 is 24.1 Å². The Morgan fingerprint density at radius 3 is 1.37 bits per heavy atom. The van der Waals surface area contributed by atoms with Crippen molar-refractivity contribution in [2.24, 2.45) is 0 Å². The van der Waals surface area contributed by atoms with Crippen LogP contribution in [0.3, 0.4) is 0 Å². The van der Waals surface area contributed by atoms with E-state index in [0.717, 1.165) is 33.4 Å². The van der Waals surface area contributed by atoms with Gasteiger partial charge in [-0.2, -0.15) is 10.5 Å². The predicted octanol–water partition coefficient (Wildman–Crippen LogP) is 7.98. The van der Waals surface area contributed by atoms with Gasteiger partial charge in [0.25, 0.3) is 0 Å². The van der Waals surface area contributed by atoms with Gasteiger partial charge >= 0.3 is 11.9 Å². The minimum Gasteiger partial charge on any atom is -0.488 e. The summed E-state index contributed by atoms with van der Waals surface area (Å²) in [5.74, 6) is -0.990. The van der Waals surface area contributed by atoms with Crippen LogP contribution in [0.4, 0.5) is 0 Å². The SMILES string of the molecule is Cc1c(COc2cc(OCc3cncc(C#N)c3)c(CNCCC(O)C(=O)O)cc2Cl)cccc1-c1cccc(COc2cc(OCc3cncc(C#N)c3)c(CNCCC(O)C(=O)O)cc2Cl)c1C. The summed E-state index contributed by atoms with van der Waals surface area (Å²) < 4.78 is 25.1. The van der Waals surface area contributed by atoms with Gasteiger partial charge in [-0.1, -0.05) is 59.6 Å². The Kier molecular flexibility index (Phi) is 18.9. The zero-order valence-corrected chi connectivity index (χ0v) is 39.8. The quantitative estimate of drug-likeness (QED) is 0.0298. The first-order valence-corrected chi connectivity index (χ1v) is 22.7. The van der Waals surface area contributed by atoms with E-state index in [-0.39, 0.29) is 65.4 Å². The summed E-state index contributed by atoms with van der Waals surface area (Å²) in [6.07, 6.45) is 3.12. The van der Waals surface area contributed by atoms with Crippen LogP contribution in [0.2, 0.25) is 10.0 Å². The van der Waals surface area contributed by atoms with Crippen molar-refractivity contribution >= 4 is 35.1 Å². The van der Waals surface area contributed by atoms with E-state index in [1.54, 1.807) is 48.8 Å². The number of ether oxygens (including phenoxy) is 4. The molecule has 0 saturated carbocycles. The van der Waals surface area contributed by atoms with Gasteiger partial charge in [0.15, 0.2) is 12.2 Å². The van der Waals surface area contributed by atoms with Gasteiger partial charge < -0.3 is 50.0 Å². The molecule has 0 aliphatic carbocycles. The molecular formula is C52H50Cl2N6O10. The van der Waals surface area contributed by atoms with Crippen molar-refractivity contribution in [2.45, 2.75) is 78.4 Å². The number of carboxylic acids is 2. The Balaban J connectivity index is 1.18. The van der Waals surface area contributed by atoms with E-state index in [9.17, 15) is 30.3 Å². The summed E-state index contributed by atoms with van der Waals surface area (Å²) in [4.78, 5) is 30.4. The Bertz CT molecular complexity index is 2710. The molecule has 0 saturated heterocycles. The number of aliphatic carboxylic acids is 2. The van der Waals surface area contributed by atoms with Crippen molar-refractivity contribution in [3.05, 3.63) is 163 Å². The molecule has 6 rings (SSSR count). The molecule has 2 unspecified atom stereocenters. The third kappa shape index (κ3) is 14.4. The maximum Gasteiger partial charge on any atom is 0.332 e. The van der Waals surface area contributed by atoms with E-state index in [1.807, 2.05) is 50.2 Å². The fraction of sp³-hybridized carbons (Fsp3) is 0.269. The van der Waals surface area contributed by atoms with Crippen molar-refractivity contribution in [2.75, 3.05) is 13.1 Å². The van der Waals surface area contributed by atoms with Gasteiger partial charge in [0, 0.05) is 72.3 Å². The molecular weight excluding hydrogens is 940 g/mol. The lowest BCUT2D eigenvalue weighted by molar-refractivity contribution is -0.147. The summed E-state index contributed by atoms with van der Waals surface area (Å²) in [5, 5.41) is 63.1. The van der Waals surface area contributed by atoms with E-state index in [0.29, 0.717) is 66.4 Å². The number of rotatable bonds is 25. The van der Waals surface area contributed by atoms with Gasteiger partial charge in [-0.25, -0.2) is 9.59 Å². The molecule has 70 heavy (non-hydrogen) atoms. The largest absolute Gasteiger partial charge is 0.488 e. The molecule has 0 amide bonds. The monoisotopic (exact) mass is 988 g/mol. The van der Waals surface area contributed by atoms with Crippen LogP contribution in [0.1, 0.15) is 68.5 Å². The lowest BCUT2D eigenvalue weighted by atomic mass is 9.92. The second-order valence-electron chi connectivity index (χ2n) is 16.1. The number of nitrogens with one attached hydrogen (secondary N) is 2. The second kappa shape index (κ2) is 25.4. The summed E-state index contributed by atoms with van der Waals surface area (Å²) in [5.41, 5.74) is 9.17. The van der Waals surface area contributed by atoms with E-state index in [4.69, 9.17) is 52.4 Å². The lowest BCUT2D eigenvalue weighted by Gasteiger charge is -2.19. The van der Waals surface area contributed by atoms with E-state index in [2.05, 4.69) is 32.7 Å². The van der Waals surface area contributed by atoms with Gasteiger partial charge in [-0.3, -0.25) is 9.97 Å². The number of carbonyl (C=O) groups is 2. The molecule has 362 valence electrons. The summed E-state index contributed by atoms with van der Waals surface area (Å²) in [6, 6.07) is 26.2. The van der Waals surface area contributed by atoms with Crippen molar-refractivity contribution in [3.8, 4) is 46.3 Å². The van der Waals surface area contributed by atoms with Crippen LogP contribution < -0.4 is 29.6 Å². The minimum absolute atomic E-state index is 0.000815. The zero-order valence-electron chi connectivity index (χ0n) is 38.2. The second-order valence-corrected chi connectivity index (χ2v) is 17.0. The number of aliphatic hydroxyl groups is 2. The lowest BCUT2D eigenvalue weighted by Crippen LogP contribution is -2.26. The van der Waals surface area contributed by atoms with Crippen LogP contribution in [0, 0.1) is 36.5 Å². The molecule has 2 atom stereocenters. The van der Waals surface area contributed by atoms with E-state index >= 15 is 0 Å². The number of aromatic nitrogens is 2. The maximum atomic E-state index is 11.1. The van der Waals surface area contributed by atoms with Gasteiger partial charge in [-0.05, 0) is 97.4 Å². The number of benzene rings is 4. The van der Waals surface area contributed by atoms with Gasteiger partial charge in [0.05, 0.1) is 21.2 Å². The standard InChI is InChI=1S/C52H50Cl2N6O10/c1-31-37(29-69-49-17-47(67-27-35-13-33(19-55)21-59-23-35)39(15-43(49)53)25-57-11-9-45(61)51(63)64)5-3-7-41(31)42-8-4-6-38(32(42)2)30-70-50-18-48(68-28-36-14-34(20-56)22-60-24-36)40(16-44(50)54)26-58-12-10-46(62)52(65)66/h3-8,13-18,21-24,45-46,57-58,61-62H,9-12,25-30H2,1-2H3,(H,63,64)(H,65,66). The highest BCUT2D eigenvalue weighted by atomic mass is 35.5. The average Bonchev–Trinajstić information content (AvgIpc) is 3.35.